The molecular formula is C27H25N7O3S. The van der Waals surface area contributed by atoms with E-state index in [1.165, 1.54) is 12.6 Å². The van der Waals surface area contributed by atoms with Gasteiger partial charge in [0.1, 0.15) is 18.3 Å². The molecule has 2 aromatic carbocycles. The average molecular weight is 528 g/mol. The first-order valence-corrected chi connectivity index (χ1v) is 14.0. The first-order chi connectivity index (χ1) is 18.3. The predicted octanol–water partition coefficient (Wildman–Crippen LogP) is 4.22. The van der Waals surface area contributed by atoms with Gasteiger partial charge in [-0.3, -0.25) is 0 Å². The fourth-order valence-electron chi connectivity index (χ4n) is 3.99. The van der Waals surface area contributed by atoms with Gasteiger partial charge in [-0.2, -0.15) is 10.1 Å². The lowest BCUT2D eigenvalue weighted by atomic mass is 10.1. The van der Waals surface area contributed by atoms with Crippen LogP contribution in [0.1, 0.15) is 25.3 Å². The molecule has 1 saturated carbocycles. The van der Waals surface area contributed by atoms with Gasteiger partial charge in [-0.05, 0) is 61.7 Å². The Morgan fingerprint density at radius 1 is 1.03 bits per heavy atom. The van der Waals surface area contributed by atoms with E-state index in [2.05, 4.69) is 25.4 Å². The molecule has 0 spiro atoms. The zero-order valence-electron chi connectivity index (χ0n) is 20.9. The van der Waals surface area contributed by atoms with Crippen molar-refractivity contribution in [2.75, 3.05) is 11.6 Å². The smallest absolute Gasteiger partial charge is 0.246 e. The summed E-state index contributed by atoms with van der Waals surface area (Å²) in [5.74, 6) is 0.839. The maximum atomic E-state index is 12.0. The number of nitrogens with zero attached hydrogens (tertiary/aromatic N) is 6. The maximum absolute atomic E-state index is 12.0. The van der Waals surface area contributed by atoms with Gasteiger partial charge in [0, 0.05) is 18.4 Å². The highest BCUT2D eigenvalue weighted by molar-refractivity contribution is 7.90. The number of benzene rings is 2. The Morgan fingerprint density at radius 3 is 2.55 bits per heavy atom. The van der Waals surface area contributed by atoms with E-state index in [1.54, 1.807) is 29.2 Å². The first kappa shape index (κ1) is 24.0. The van der Waals surface area contributed by atoms with Crippen molar-refractivity contribution in [3.63, 3.8) is 0 Å². The quantitative estimate of drug-likeness (QED) is 0.316. The van der Waals surface area contributed by atoms with Crippen LogP contribution in [0.5, 0.6) is 5.88 Å². The fourth-order valence-corrected chi connectivity index (χ4v) is 4.65. The summed E-state index contributed by atoms with van der Waals surface area (Å²) in [4.78, 5) is 18.3. The van der Waals surface area contributed by atoms with Crippen LogP contribution < -0.4 is 10.1 Å². The van der Waals surface area contributed by atoms with E-state index in [1.807, 2.05) is 49.4 Å². The summed E-state index contributed by atoms with van der Waals surface area (Å²) >= 11 is 0. The third-order valence-corrected chi connectivity index (χ3v) is 7.55. The highest BCUT2D eigenvalue weighted by Gasteiger charge is 2.41. The second-order valence-electron chi connectivity index (χ2n) is 9.63. The Labute approximate surface area is 219 Å². The van der Waals surface area contributed by atoms with E-state index < -0.39 is 9.84 Å². The molecule has 1 fully saturated rings. The van der Waals surface area contributed by atoms with Crippen LogP contribution >= 0.6 is 0 Å². The second-order valence-corrected chi connectivity index (χ2v) is 11.6. The summed E-state index contributed by atoms with van der Waals surface area (Å²) in [5.41, 5.74) is 4.16. The monoisotopic (exact) mass is 527 g/mol. The van der Waals surface area contributed by atoms with Gasteiger partial charge in [0.2, 0.25) is 11.8 Å². The Kier molecular flexibility index (Phi) is 5.79. The number of sulfone groups is 1. The lowest BCUT2D eigenvalue weighted by Crippen LogP contribution is -2.15. The summed E-state index contributed by atoms with van der Waals surface area (Å²) in [6.45, 7) is 2.56. The van der Waals surface area contributed by atoms with E-state index in [9.17, 15) is 8.42 Å². The molecule has 3 aromatic heterocycles. The van der Waals surface area contributed by atoms with Gasteiger partial charge in [-0.15, -0.1) is 0 Å². The summed E-state index contributed by atoms with van der Waals surface area (Å²) in [5, 5.41) is 7.44. The molecule has 0 amide bonds. The SMILES string of the molecule is CC1(Oc2nc(NCc3ccc(-n4cncn4)cc3)nc3ccc(-c4cccc(S(C)(=O)=O)c4)nc23)CC1. The molecule has 0 radical (unpaired) electrons. The minimum absolute atomic E-state index is 0.240. The highest BCUT2D eigenvalue weighted by atomic mass is 32.2. The number of fused-ring (bicyclic) bond motifs is 1. The van der Waals surface area contributed by atoms with Gasteiger partial charge >= 0.3 is 0 Å². The van der Waals surface area contributed by atoms with E-state index in [0.717, 1.165) is 24.1 Å². The Morgan fingerprint density at radius 2 is 1.84 bits per heavy atom. The number of nitrogens with one attached hydrogen (secondary N) is 1. The van der Waals surface area contributed by atoms with Crippen LogP contribution in [0.4, 0.5) is 5.95 Å². The summed E-state index contributed by atoms with van der Waals surface area (Å²) < 4.78 is 32.1. The topological polar surface area (TPSA) is 125 Å². The van der Waals surface area contributed by atoms with Crippen molar-refractivity contribution in [1.82, 2.24) is 29.7 Å². The van der Waals surface area contributed by atoms with Crippen molar-refractivity contribution in [3.8, 4) is 22.8 Å². The van der Waals surface area contributed by atoms with Gasteiger partial charge < -0.3 is 10.1 Å². The molecule has 1 aliphatic carbocycles. The molecule has 0 saturated heterocycles. The van der Waals surface area contributed by atoms with Crippen molar-refractivity contribution in [1.29, 1.82) is 0 Å². The van der Waals surface area contributed by atoms with Crippen LogP contribution in [0.2, 0.25) is 0 Å². The van der Waals surface area contributed by atoms with Gasteiger partial charge in [0.15, 0.2) is 15.4 Å². The third kappa shape index (κ3) is 5.05. The number of pyridine rings is 1. The molecule has 0 atom stereocenters. The number of rotatable bonds is 8. The van der Waals surface area contributed by atoms with Crippen molar-refractivity contribution >= 4 is 26.8 Å². The average Bonchev–Trinajstić information content (AvgIpc) is 3.39. The van der Waals surface area contributed by atoms with Crippen LogP contribution in [0, 0.1) is 0 Å². The van der Waals surface area contributed by atoms with Gasteiger partial charge in [-0.1, -0.05) is 24.3 Å². The molecule has 0 unspecified atom stereocenters. The number of hydrogen-bond donors (Lipinski definition) is 1. The number of hydrogen-bond acceptors (Lipinski definition) is 9. The zero-order chi connectivity index (χ0) is 26.3. The Hall–Kier alpha value is -4.38. The van der Waals surface area contributed by atoms with Crippen LogP contribution in [0.3, 0.4) is 0 Å². The number of aromatic nitrogens is 6. The summed E-state index contributed by atoms with van der Waals surface area (Å²) in [6.07, 6.45) is 6.22. The molecule has 1 aliphatic rings. The van der Waals surface area contributed by atoms with Gasteiger partial charge in [0.25, 0.3) is 0 Å². The maximum Gasteiger partial charge on any atom is 0.246 e. The van der Waals surface area contributed by atoms with Crippen LogP contribution in [-0.4, -0.2) is 50.0 Å². The number of ether oxygens (including phenoxy) is 1. The predicted molar refractivity (Wildman–Crippen MR) is 143 cm³/mol. The lowest BCUT2D eigenvalue weighted by Gasteiger charge is -2.15. The summed E-state index contributed by atoms with van der Waals surface area (Å²) in [7, 11) is -3.34. The minimum Gasteiger partial charge on any atom is -0.470 e. The Bertz CT molecular complexity index is 1730. The van der Waals surface area contributed by atoms with E-state index in [0.29, 0.717) is 40.7 Å². The van der Waals surface area contributed by atoms with Crippen LogP contribution in [-0.2, 0) is 16.4 Å². The normalized spacial score (nSPS) is 14.4. The molecule has 5 aromatic rings. The largest absolute Gasteiger partial charge is 0.470 e. The summed E-state index contributed by atoms with van der Waals surface area (Å²) in [6, 6.07) is 18.4. The number of anilines is 1. The van der Waals surface area contributed by atoms with E-state index in [-0.39, 0.29) is 10.5 Å². The molecule has 6 rings (SSSR count). The molecule has 38 heavy (non-hydrogen) atoms. The molecule has 11 heteroatoms. The second kappa shape index (κ2) is 9.18. The molecular weight excluding hydrogens is 502 g/mol. The lowest BCUT2D eigenvalue weighted by molar-refractivity contribution is 0.194. The molecule has 3 heterocycles. The van der Waals surface area contributed by atoms with Crippen LogP contribution in [0.25, 0.3) is 28.0 Å². The molecule has 10 nitrogen and oxygen atoms in total. The minimum atomic E-state index is -3.34. The van der Waals surface area contributed by atoms with Gasteiger partial charge in [0.05, 0.1) is 21.8 Å². The first-order valence-electron chi connectivity index (χ1n) is 12.1. The van der Waals surface area contributed by atoms with Crippen molar-refractivity contribution in [3.05, 3.63) is 78.9 Å². The van der Waals surface area contributed by atoms with E-state index >= 15 is 0 Å². The molecule has 192 valence electrons. The van der Waals surface area contributed by atoms with E-state index in [4.69, 9.17) is 9.72 Å². The fraction of sp³-hybridized carbons (Fsp3) is 0.222. The highest BCUT2D eigenvalue weighted by Crippen LogP contribution is 2.41. The standard InChI is InChI=1S/C27H25N7O3S/c1-27(12-13-27)37-25-24-23(11-10-22(31-24)19-4-3-5-21(14-19)38(2,35)36)32-26(33-25)29-15-18-6-8-20(9-7-18)34-17-28-16-30-34/h3-11,14,16-17H,12-13,15H2,1-2H3,(H,29,32,33). The van der Waals surface area contributed by atoms with Crippen molar-refractivity contribution in [2.24, 2.45) is 0 Å². The molecule has 0 aliphatic heterocycles. The van der Waals surface area contributed by atoms with Crippen molar-refractivity contribution in [2.45, 2.75) is 36.8 Å². The molecule has 1 N–H and O–H groups in total. The van der Waals surface area contributed by atoms with Gasteiger partial charge in [-0.25, -0.2) is 28.1 Å². The molecule has 0 bridgehead atoms. The van der Waals surface area contributed by atoms with Crippen LogP contribution in [0.15, 0.2) is 78.2 Å². The van der Waals surface area contributed by atoms with Crippen molar-refractivity contribution < 1.29 is 13.2 Å². The zero-order valence-corrected chi connectivity index (χ0v) is 21.7. The third-order valence-electron chi connectivity index (χ3n) is 6.44. The Balaban J connectivity index is 1.30.